The number of hydrogen-bond acceptors (Lipinski definition) is 5. The van der Waals surface area contributed by atoms with Crippen LogP contribution in [0.4, 0.5) is 5.69 Å². The highest BCUT2D eigenvalue weighted by atomic mass is 32.2. The second-order valence-corrected chi connectivity index (χ2v) is 7.97. The van der Waals surface area contributed by atoms with Gasteiger partial charge in [-0.05, 0) is 43.3 Å². The van der Waals surface area contributed by atoms with Gasteiger partial charge in [0.05, 0.1) is 11.3 Å². The number of carbonyl (C=O) groups is 1. The number of benzene rings is 1. The van der Waals surface area contributed by atoms with Gasteiger partial charge < -0.3 is 5.32 Å². The fourth-order valence-corrected chi connectivity index (χ4v) is 4.27. The Morgan fingerprint density at radius 3 is 2.85 bits per heavy atom. The lowest BCUT2D eigenvalue weighted by Gasteiger charge is -2.17. The molecule has 3 aromatic rings. The molecule has 0 aliphatic heterocycles. The molecule has 136 valence electrons. The van der Waals surface area contributed by atoms with Crippen LogP contribution in [-0.4, -0.2) is 21.2 Å². The molecule has 0 radical (unpaired) electrons. The van der Waals surface area contributed by atoms with E-state index in [0.29, 0.717) is 15.4 Å². The molecule has 0 unspecified atom stereocenters. The van der Waals surface area contributed by atoms with Gasteiger partial charge in [-0.1, -0.05) is 36.9 Å². The number of hydrogen-bond donors (Lipinski definition) is 1. The monoisotopic (exact) mass is 387 g/mol. The number of amides is 1. The van der Waals surface area contributed by atoms with Crippen molar-refractivity contribution >= 4 is 44.9 Å². The fraction of sp³-hybridized carbons (Fsp3) is 0.316. The summed E-state index contributed by atoms with van der Waals surface area (Å²) in [5.41, 5.74) is 2.49. The van der Waals surface area contributed by atoms with E-state index in [1.165, 1.54) is 23.1 Å². The quantitative estimate of drug-likeness (QED) is 0.501. The van der Waals surface area contributed by atoms with Gasteiger partial charge in [0, 0.05) is 11.7 Å². The number of aromatic nitrogens is 2. The first-order chi connectivity index (χ1) is 12.5. The summed E-state index contributed by atoms with van der Waals surface area (Å²) in [4.78, 5) is 29.8. The number of anilines is 1. The van der Waals surface area contributed by atoms with Gasteiger partial charge in [-0.15, -0.1) is 11.3 Å². The Morgan fingerprint density at radius 1 is 1.35 bits per heavy atom. The Labute approximate surface area is 160 Å². The van der Waals surface area contributed by atoms with E-state index in [2.05, 4.69) is 10.3 Å². The summed E-state index contributed by atoms with van der Waals surface area (Å²) in [6.07, 6.45) is 0.821. The van der Waals surface area contributed by atoms with Crippen LogP contribution in [0.5, 0.6) is 0 Å². The normalized spacial score (nSPS) is 12.3. The van der Waals surface area contributed by atoms with E-state index in [0.717, 1.165) is 17.7 Å². The van der Waals surface area contributed by atoms with Crippen LogP contribution in [0.2, 0.25) is 0 Å². The van der Waals surface area contributed by atoms with Crippen LogP contribution < -0.4 is 10.9 Å². The second kappa shape index (κ2) is 8.05. The van der Waals surface area contributed by atoms with Crippen molar-refractivity contribution in [2.24, 2.45) is 0 Å². The van der Waals surface area contributed by atoms with Crippen molar-refractivity contribution in [2.45, 2.75) is 38.4 Å². The van der Waals surface area contributed by atoms with Crippen molar-refractivity contribution in [3.05, 3.63) is 51.6 Å². The smallest absolute Gasteiger partial charge is 0.272 e. The molecule has 1 atom stereocenters. The molecule has 0 aliphatic rings. The molecule has 0 saturated carbocycles. The summed E-state index contributed by atoms with van der Waals surface area (Å²) in [6, 6.07) is 9.54. The Kier molecular flexibility index (Phi) is 5.78. The summed E-state index contributed by atoms with van der Waals surface area (Å²) >= 11 is 2.71. The van der Waals surface area contributed by atoms with Crippen LogP contribution in [0.15, 0.2) is 45.7 Å². The molecule has 0 fully saturated rings. The summed E-state index contributed by atoms with van der Waals surface area (Å²) in [5, 5.41) is 5.38. The lowest BCUT2D eigenvalue weighted by atomic mass is 10.2. The molecule has 3 rings (SSSR count). The number of carbonyl (C=O) groups excluding carboxylic acids is 1. The van der Waals surface area contributed by atoms with Crippen molar-refractivity contribution in [2.75, 3.05) is 11.1 Å². The van der Waals surface area contributed by atoms with E-state index in [-0.39, 0.29) is 23.3 Å². The minimum atomic E-state index is -0.111. The Bertz CT molecular complexity index is 994. The van der Waals surface area contributed by atoms with Crippen molar-refractivity contribution < 1.29 is 4.79 Å². The topological polar surface area (TPSA) is 64.0 Å². The van der Waals surface area contributed by atoms with Gasteiger partial charge in [0.15, 0.2) is 5.16 Å². The zero-order valence-electron chi connectivity index (χ0n) is 15.0. The first-order valence-corrected chi connectivity index (χ1v) is 10.4. The van der Waals surface area contributed by atoms with Crippen LogP contribution in [0, 0.1) is 6.92 Å². The van der Waals surface area contributed by atoms with Gasteiger partial charge in [-0.25, -0.2) is 4.98 Å². The first kappa shape index (κ1) is 18.7. The SMILES string of the molecule is CC[C@@H](C)n1c(SCC(=O)Nc2ccccc2C)nc2ccsc2c1=O. The second-order valence-electron chi connectivity index (χ2n) is 6.11. The van der Waals surface area contributed by atoms with E-state index in [9.17, 15) is 9.59 Å². The summed E-state index contributed by atoms with van der Waals surface area (Å²) < 4.78 is 2.38. The summed E-state index contributed by atoms with van der Waals surface area (Å²) in [6.45, 7) is 5.99. The third-order valence-corrected chi connectivity index (χ3v) is 6.11. The average molecular weight is 388 g/mol. The fourth-order valence-electron chi connectivity index (χ4n) is 2.61. The predicted octanol–water partition coefficient (Wildman–Crippen LogP) is 4.47. The predicted molar refractivity (Wildman–Crippen MR) is 109 cm³/mol. The third kappa shape index (κ3) is 3.83. The number of rotatable bonds is 6. The van der Waals surface area contributed by atoms with Crippen LogP contribution in [0.25, 0.3) is 10.2 Å². The maximum Gasteiger partial charge on any atom is 0.272 e. The molecule has 1 aromatic carbocycles. The highest BCUT2D eigenvalue weighted by Crippen LogP contribution is 2.24. The van der Waals surface area contributed by atoms with Gasteiger partial charge in [-0.2, -0.15) is 0 Å². The van der Waals surface area contributed by atoms with Crippen LogP contribution in [0.3, 0.4) is 0 Å². The van der Waals surface area contributed by atoms with Crippen molar-refractivity contribution in [1.82, 2.24) is 9.55 Å². The lowest BCUT2D eigenvalue weighted by Crippen LogP contribution is -2.26. The molecule has 5 nitrogen and oxygen atoms in total. The number of thioether (sulfide) groups is 1. The van der Waals surface area contributed by atoms with Crippen molar-refractivity contribution in [3.8, 4) is 0 Å². The highest BCUT2D eigenvalue weighted by Gasteiger charge is 2.17. The molecule has 26 heavy (non-hydrogen) atoms. The minimum absolute atomic E-state index is 0.0267. The van der Waals surface area contributed by atoms with Crippen molar-refractivity contribution in [3.63, 3.8) is 0 Å². The summed E-state index contributed by atoms with van der Waals surface area (Å²) in [5.74, 6) is 0.0898. The van der Waals surface area contributed by atoms with Crippen LogP contribution >= 0.6 is 23.1 Å². The number of nitrogens with zero attached hydrogens (tertiary/aromatic N) is 2. The van der Waals surface area contributed by atoms with E-state index in [1.807, 2.05) is 56.5 Å². The molecule has 1 amide bonds. The van der Waals surface area contributed by atoms with Crippen molar-refractivity contribution in [1.29, 1.82) is 0 Å². The van der Waals surface area contributed by atoms with Crippen LogP contribution in [-0.2, 0) is 4.79 Å². The third-order valence-electron chi connectivity index (χ3n) is 4.26. The maximum absolute atomic E-state index is 12.8. The van der Waals surface area contributed by atoms with E-state index in [4.69, 9.17) is 0 Å². The van der Waals surface area contributed by atoms with Crippen LogP contribution in [0.1, 0.15) is 31.9 Å². The zero-order valence-corrected chi connectivity index (χ0v) is 16.6. The molecule has 1 N–H and O–H groups in total. The molecule has 0 spiro atoms. The van der Waals surface area contributed by atoms with Gasteiger partial charge >= 0.3 is 0 Å². The minimum Gasteiger partial charge on any atom is -0.325 e. The van der Waals surface area contributed by atoms with E-state index >= 15 is 0 Å². The number of fused-ring (bicyclic) bond motifs is 1. The lowest BCUT2D eigenvalue weighted by molar-refractivity contribution is -0.113. The van der Waals surface area contributed by atoms with Gasteiger partial charge in [0.2, 0.25) is 5.91 Å². The molecule has 7 heteroatoms. The van der Waals surface area contributed by atoms with Gasteiger partial charge in [-0.3, -0.25) is 14.2 Å². The molecule has 2 heterocycles. The Hall–Kier alpha value is -2.12. The number of para-hydroxylation sites is 1. The largest absolute Gasteiger partial charge is 0.325 e. The first-order valence-electron chi connectivity index (χ1n) is 8.49. The standard InChI is InChI=1S/C19H21N3O2S2/c1-4-13(3)22-18(24)17-15(9-10-25-17)21-19(22)26-11-16(23)20-14-8-6-5-7-12(14)2/h5-10,13H,4,11H2,1-3H3,(H,20,23)/t13-/m1/s1. The molecule has 0 aliphatic carbocycles. The maximum atomic E-state index is 12.8. The zero-order chi connectivity index (χ0) is 18.7. The molecular weight excluding hydrogens is 366 g/mol. The summed E-state index contributed by atoms with van der Waals surface area (Å²) in [7, 11) is 0. The van der Waals surface area contributed by atoms with E-state index < -0.39 is 0 Å². The molecule has 0 saturated heterocycles. The average Bonchev–Trinajstić information content (AvgIpc) is 3.10. The van der Waals surface area contributed by atoms with Gasteiger partial charge in [0.1, 0.15) is 4.70 Å². The molecule has 2 aromatic heterocycles. The molecule has 0 bridgehead atoms. The molecular formula is C19H21N3O2S2. The van der Waals surface area contributed by atoms with E-state index in [1.54, 1.807) is 4.57 Å². The number of aryl methyl sites for hydroxylation is 1. The number of thiophene rings is 1. The Balaban J connectivity index is 1.83. The number of nitrogens with one attached hydrogen (secondary N) is 1. The van der Waals surface area contributed by atoms with Gasteiger partial charge in [0.25, 0.3) is 5.56 Å². The highest BCUT2D eigenvalue weighted by molar-refractivity contribution is 7.99. The Morgan fingerprint density at radius 2 is 2.12 bits per heavy atom.